The summed E-state index contributed by atoms with van der Waals surface area (Å²) in [6.45, 7) is 4.12. The normalized spacial score (nSPS) is 10.4. The molecule has 0 saturated heterocycles. The van der Waals surface area contributed by atoms with Gasteiger partial charge in [-0.3, -0.25) is 0 Å². The van der Waals surface area contributed by atoms with Gasteiger partial charge in [-0.2, -0.15) is 0 Å². The van der Waals surface area contributed by atoms with E-state index in [9.17, 15) is 0 Å². The fourth-order valence-electron chi connectivity index (χ4n) is 1.71. The topological polar surface area (TPSA) is 27.3 Å². The molecule has 0 fully saturated rings. The summed E-state index contributed by atoms with van der Waals surface area (Å²) in [6.07, 6.45) is 2.09. The number of thiocarbonyl (C=S) groups is 1. The molecule has 100 valence electrons. The first-order valence-electron chi connectivity index (χ1n) is 6.41. The zero-order valence-corrected chi connectivity index (χ0v) is 12.3. The standard InChI is InChI=1S/C14H23N3S/c1-4-12-8-5-6-9-13(12)16-14(18)15-10-7-11-17(2)3/h5-6,8-9H,4,7,10-11H2,1-3H3,(H2,15,16,18). The van der Waals surface area contributed by atoms with Crippen LogP contribution in [0.5, 0.6) is 0 Å². The predicted molar refractivity (Wildman–Crippen MR) is 83.2 cm³/mol. The molecule has 18 heavy (non-hydrogen) atoms. The van der Waals surface area contributed by atoms with Crippen LogP contribution in [0.4, 0.5) is 5.69 Å². The number of hydrogen-bond donors (Lipinski definition) is 2. The Bertz CT molecular complexity index is 377. The van der Waals surface area contributed by atoms with Gasteiger partial charge < -0.3 is 15.5 Å². The molecule has 0 amide bonds. The highest BCUT2D eigenvalue weighted by atomic mass is 32.1. The summed E-state index contributed by atoms with van der Waals surface area (Å²) in [5, 5.41) is 7.19. The monoisotopic (exact) mass is 265 g/mol. The Morgan fingerprint density at radius 3 is 2.67 bits per heavy atom. The lowest BCUT2D eigenvalue weighted by atomic mass is 10.1. The third-order valence-corrected chi connectivity index (χ3v) is 2.96. The summed E-state index contributed by atoms with van der Waals surface area (Å²) in [7, 11) is 4.15. The number of nitrogens with zero attached hydrogens (tertiary/aromatic N) is 1. The van der Waals surface area contributed by atoms with Gasteiger partial charge >= 0.3 is 0 Å². The second-order valence-electron chi connectivity index (χ2n) is 4.55. The molecule has 0 atom stereocenters. The van der Waals surface area contributed by atoms with Gasteiger partial charge in [0.1, 0.15) is 0 Å². The average Bonchev–Trinajstić information content (AvgIpc) is 2.35. The molecule has 0 aliphatic heterocycles. The second-order valence-corrected chi connectivity index (χ2v) is 4.96. The van der Waals surface area contributed by atoms with Crippen molar-refractivity contribution in [3.63, 3.8) is 0 Å². The fraction of sp³-hybridized carbons (Fsp3) is 0.500. The Morgan fingerprint density at radius 1 is 1.28 bits per heavy atom. The largest absolute Gasteiger partial charge is 0.362 e. The van der Waals surface area contributed by atoms with Crippen LogP contribution in [0, 0.1) is 0 Å². The smallest absolute Gasteiger partial charge is 0.170 e. The van der Waals surface area contributed by atoms with E-state index in [1.165, 1.54) is 5.56 Å². The molecule has 0 saturated carbocycles. The molecule has 0 aliphatic carbocycles. The molecule has 0 aliphatic rings. The molecule has 0 aromatic heterocycles. The maximum Gasteiger partial charge on any atom is 0.170 e. The van der Waals surface area contributed by atoms with Crippen molar-refractivity contribution in [2.45, 2.75) is 19.8 Å². The van der Waals surface area contributed by atoms with Gasteiger partial charge in [0.05, 0.1) is 0 Å². The van der Waals surface area contributed by atoms with E-state index in [1.54, 1.807) is 0 Å². The van der Waals surface area contributed by atoms with Crippen molar-refractivity contribution < 1.29 is 0 Å². The molecule has 0 spiro atoms. The van der Waals surface area contributed by atoms with E-state index >= 15 is 0 Å². The van der Waals surface area contributed by atoms with E-state index in [-0.39, 0.29) is 0 Å². The molecule has 0 bridgehead atoms. The van der Waals surface area contributed by atoms with E-state index in [0.29, 0.717) is 5.11 Å². The van der Waals surface area contributed by atoms with Crippen LogP contribution in [0.25, 0.3) is 0 Å². The number of rotatable bonds is 6. The van der Waals surface area contributed by atoms with Gasteiger partial charge in [0, 0.05) is 12.2 Å². The van der Waals surface area contributed by atoms with Gasteiger partial charge in [-0.25, -0.2) is 0 Å². The summed E-state index contributed by atoms with van der Waals surface area (Å²) in [5.74, 6) is 0. The first-order chi connectivity index (χ1) is 8.63. The van der Waals surface area contributed by atoms with Crippen LogP contribution in [-0.2, 0) is 6.42 Å². The number of nitrogens with one attached hydrogen (secondary N) is 2. The van der Waals surface area contributed by atoms with Crippen LogP contribution in [0.15, 0.2) is 24.3 Å². The molecule has 1 aromatic rings. The number of hydrogen-bond acceptors (Lipinski definition) is 2. The zero-order chi connectivity index (χ0) is 13.4. The minimum Gasteiger partial charge on any atom is -0.362 e. The predicted octanol–water partition coefficient (Wildman–Crippen LogP) is 2.49. The lowest BCUT2D eigenvalue weighted by Gasteiger charge is -2.14. The van der Waals surface area contributed by atoms with Gasteiger partial charge in [-0.05, 0) is 57.3 Å². The molecular formula is C14H23N3S. The number of para-hydroxylation sites is 1. The summed E-state index contributed by atoms with van der Waals surface area (Å²) in [4.78, 5) is 2.17. The first-order valence-corrected chi connectivity index (χ1v) is 6.81. The molecular weight excluding hydrogens is 242 g/mol. The van der Waals surface area contributed by atoms with E-state index in [4.69, 9.17) is 12.2 Å². The number of aryl methyl sites for hydroxylation is 1. The summed E-state index contributed by atoms with van der Waals surface area (Å²) >= 11 is 5.29. The van der Waals surface area contributed by atoms with Crippen LogP contribution >= 0.6 is 12.2 Å². The Labute approximate surface area is 116 Å². The van der Waals surface area contributed by atoms with E-state index in [0.717, 1.165) is 31.6 Å². The Balaban J connectivity index is 2.35. The van der Waals surface area contributed by atoms with E-state index in [1.807, 2.05) is 6.07 Å². The molecule has 0 unspecified atom stereocenters. The van der Waals surface area contributed by atoms with Gasteiger partial charge in [0.25, 0.3) is 0 Å². The summed E-state index contributed by atoms with van der Waals surface area (Å²) in [6, 6.07) is 8.26. The van der Waals surface area contributed by atoms with Crippen LogP contribution < -0.4 is 10.6 Å². The van der Waals surface area contributed by atoms with Crippen molar-refractivity contribution in [1.82, 2.24) is 10.2 Å². The molecule has 3 nitrogen and oxygen atoms in total. The van der Waals surface area contributed by atoms with Crippen LogP contribution in [-0.4, -0.2) is 37.2 Å². The second kappa shape index (κ2) is 8.06. The minimum atomic E-state index is 0.703. The molecule has 4 heteroatoms. The Morgan fingerprint density at radius 2 is 2.00 bits per heavy atom. The first kappa shape index (κ1) is 14.9. The average molecular weight is 265 g/mol. The van der Waals surface area contributed by atoms with Gasteiger partial charge in [0.15, 0.2) is 5.11 Å². The van der Waals surface area contributed by atoms with Crippen molar-refractivity contribution in [2.75, 3.05) is 32.5 Å². The molecule has 1 aromatic carbocycles. The van der Waals surface area contributed by atoms with E-state index in [2.05, 4.69) is 54.8 Å². The van der Waals surface area contributed by atoms with Crippen LogP contribution in [0.2, 0.25) is 0 Å². The Hall–Kier alpha value is -1.13. The third kappa shape index (κ3) is 5.47. The van der Waals surface area contributed by atoms with Crippen molar-refractivity contribution in [1.29, 1.82) is 0 Å². The highest BCUT2D eigenvalue weighted by Gasteiger charge is 2.01. The highest BCUT2D eigenvalue weighted by molar-refractivity contribution is 7.80. The fourth-order valence-corrected chi connectivity index (χ4v) is 1.93. The SMILES string of the molecule is CCc1ccccc1NC(=S)NCCCN(C)C. The Kier molecular flexibility index (Phi) is 6.68. The van der Waals surface area contributed by atoms with Gasteiger partial charge in [0.2, 0.25) is 0 Å². The van der Waals surface area contributed by atoms with Crippen molar-refractivity contribution in [3.05, 3.63) is 29.8 Å². The summed E-state index contributed by atoms with van der Waals surface area (Å²) < 4.78 is 0. The molecule has 1 rings (SSSR count). The molecule has 0 heterocycles. The number of anilines is 1. The highest BCUT2D eigenvalue weighted by Crippen LogP contribution is 2.14. The number of benzene rings is 1. The van der Waals surface area contributed by atoms with Gasteiger partial charge in [-0.1, -0.05) is 25.1 Å². The maximum atomic E-state index is 5.29. The van der Waals surface area contributed by atoms with Crippen LogP contribution in [0.1, 0.15) is 18.9 Å². The van der Waals surface area contributed by atoms with Crippen LogP contribution in [0.3, 0.4) is 0 Å². The van der Waals surface area contributed by atoms with Crippen molar-refractivity contribution >= 4 is 23.0 Å². The quantitative estimate of drug-likeness (QED) is 0.610. The minimum absolute atomic E-state index is 0.703. The van der Waals surface area contributed by atoms with Crippen molar-refractivity contribution in [3.8, 4) is 0 Å². The summed E-state index contributed by atoms with van der Waals surface area (Å²) in [5.41, 5.74) is 2.39. The lowest BCUT2D eigenvalue weighted by Crippen LogP contribution is -2.31. The molecule has 0 radical (unpaired) electrons. The lowest BCUT2D eigenvalue weighted by molar-refractivity contribution is 0.400. The zero-order valence-electron chi connectivity index (χ0n) is 11.5. The van der Waals surface area contributed by atoms with E-state index < -0.39 is 0 Å². The van der Waals surface area contributed by atoms with Gasteiger partial charge in [-0.15, -0.1) is 0 Å². The third-order valence-electron chi connectivity index (χ3n) is 2.71. The van der Waals surface area contributed by atoms with Crippen molar-refractivity contribution in [2.24, 2.45) is 0 Å². The maximum absolute atomic E-state index is 5.29. The molecule has 2 N–H and O–H groups in total.